The standard InChI is InChI=1S/C16H14N2O2/c19-13-6-3-5-12-11(13)9-17-16(18-12)15-8-10-4-1-2-7-14(10)20-15/h1-2,4,7,9,15H,3,5-6,8H2. The van der Waals surface area contributed by atoms with Crippen molar-refractivity contribution in [3.63, 3.8) is 0 Å². The third-order valence-electron chi connectivity index (χ3n) is 3.94. The number of aromatic nitrogens is 2. The van der Waals surface area contributed by atoms with E-state index in [1.807, 2.05) is 18.2 Å². The van der Waals surface area contributed by atoms with Crippen molar-refractivity contribution in [3.8, 4) is 5.75 Å². The lowest BCUT2D eigenvalue weighted by molar-refractivity contribution is 0.0970. The predicted molar refractivity (Wildman–Crippen MR) is 72.8 cm³/mol. The van der Waals surface area contributed by atoms with Crippen molar-refractivity contribution in [1.29, 1.82) is 0 Å². The first-order valence-corrected chi connectivity index (χ1v) is 6.95. The fourth-order valence-electron chi connectivity index (χ4n) is 2.89. The van der Waals surface area contributed by atoms with Gasteiger partial charge in [0.05, 0.1) is 11.3 Å². The van der Waals surface area contributed by atoms with Crippen LogP contribution in [0.4, 0.5) is 0 Å². The molecule has 20 heavy (non-hydrogen) atoms. The number of Topliss-reactive ketones (excluding diaryl/α,β-unsaturated/α-hetero) is 1. The summed E-state index contributed by atoms with van der Waals surface area (Å²) in [5.41, 5.74) is 2.76. The number of hydrogen-bond donors (Lipinski definition) is 0. The van der Waals surface area contributed by atoms with Crippen LogP contribution in [0.25, 0.3) is 0 Å². The Bertz CT molecular complexity index is 672. The van der Waals surface area contributed by atoms with Crippen LogP contribution in [0, 0.1) is 0 Å². The molecule has 2 aliphatic rings. The molecule has 1 aromatic carbocycles. The van der Waals surface area contributed by atoms with E-state index in [0.29, 0.717) is 17.8 Å². The molecule has 100 valence electrons. The lowest BCUT2D eigenvalue weighted by Crippen LogP contribution is -2.17. The minimum atomic E-state index is -0.130. The third-order valence-corrected chi connectivity index (χ3v) is 3.94. The van der Waals surface area contributed by atoms with E-state index < -0.39 is 0 Å². The molecule has 1 aliphatic carbocycles. The van der Waals surface area contributed by atoms with Crippen LogP contribution in [0.5, 0.6) is 5.75 Å². The van der Waals surface area contributed by atoms with Gasteiger partial charge in [-0.15, -0.1) is 0 Å². The Morgan fingerprint density at radius 1 is 1.20 bits per heavy atom. The molecule has 2 aromatic rings. The molecule has 0 saturated carbocycles. The minimum Gasteiger partial charge on any atom is -0.482 e. The van der Waals surface area contributed by atoms with E-state index in [-0.39, 0.29) is 11.9 Å². The van der Waals surface area contributed by atoms with Crippen LogP contribution in [0.2, 0.25) is 0 Å². The highest BCUT2D eigenvalue weighted by Crippen LogP contribution is 2.35. The molecule has 2 heterocycles. The molecular formula is C16H14N2O2. The molecule has 0 bridgehead atoms. The largest absolute Gasteiger partial charge is 0.482 e. The summed E-state index contributed by atoms with van der Waals surface area (Å²) in [7, 11) is 0. The van der Waals surface area contributed by atoms with Crippen molar-refractivity contribution >= 4 is 5.78 Å². The summed E-state index contributed by atoms with van der Waals surface area (Å²) in [5.74, 6) is 1.76. The van der Waals surface area contributed by atoms with Gasteiger partial charge in [-0.05, 0) is 24.5 Å². The van der Waals surface area contributed by atoms with Gasteiger partial charge in [-0.25, -0.2) is 9.97 Å². The van der Waals surface area contributed by atoms with Crippen molar-refractivity contribution in [2.24, 2.45) is 0 Å². The van der Waals surface area contributed by atoms with Crippen molar-refractivity contribution in [3.05, 3.63) is 53.1 Å². The molecule has 4 rings (SSSR count). The lowest BCUT2D eigenvalue weighted by atomic mass is 9.96. The Morgan fingerprint density at radius 3 is 3.00 bits per heavy atom. The molecule has 0 saturated heterocycles. The van der Waals surface area contributed by atoms with Gasteiger partial charge in [0.15, 0.2) is 17.7 Å². The second-order valence-electron chi connectivity index (χ2n) is 5.28. The summed E-state index contributed by atoms with van der Waals surface area (Å²) < 4.78 is 5.90. The lowest BCUT2D eigenvalue weighted by Gasteiger charge is -2.16. The highest BCUT2D eigenvalue weighted by atomic mass is 16.5. The Balaban J connectivity index is 1.66. The Kier molecular flexibility index (Phi) is 2.55. The number of fused-ring (bicyclic) bond motifs is 2. The van der Waals surface area contributed by atoms with Crippen LogP contribution < -0.4 is 4.74 Å². The number of aryl methyl sites for hydroxylation is 1. The molecule has 0 spiro atoms. The number of rotatable bonds is 1. The first kappa shape index (κ1) is 11.6. The second kappa shape index (κ2) is 4.40. The predicted octanol–water partition coefficient (Wildman–Crippen LogP) is 2.67. The van der Waals surface area contributed by atoms with Crippen LogP contribution in [0.1, 0.15) is 46.4 Å². The summed E-state index contributed by atoms with van der Waals surface area (Å²) in [6, 6.07) is 8.01. The van der Waals surface area contributed by atoms with Crippen LogP contribution in [-0.2, 0) is 12.8 Å². The van der Waals surface area contributed by atoms with E-state index in [2.05, 4.69) is 16.0 Å². The van der Waals surface area contributed by atoms with Crippen LogP contribution in [0.15, 0.2) is 30.5 Å². The van der Waals surface area contributed by atoms with Gasteiger partial charge >= 0.3 is 0 Å². The normalized spacial score (nSPS) is 20.2. The summed E-state index contributed by atoms with van der Waals surface area (Å²) in [4.78, 5) is 20.7. The third kappa shape index (κ3) is 1.80. The fraction of sp³-hybridized carbons (Fsp3) is 0.312. The maximum atomic E-state index is 11.8. The van der Waals surface area contributed by atoms with E-state index in [4.69, 9.17) is 4.74 Å². The second-order valence-corrected chi connectivity index (χ2v) is 5.28. The maximum Gasteiger partial charge on any atom is 0.169 e. The van der Waals surface area contributed by atoms with Crippen LogP contribution in [-0.4, -0.2) is 15.8 Å². The quantitative estimate of drug-likeness (QED) is 0.796. The van der Waals surface area contributed by atoms with Crippen LogP contribution >= 0.6 is 0 Å². The number of para-hydroxylation sites is 1. The van der Waals surface area contributed by atoms with Crippen molar-refractivity contribution in [1.82, 2.24) is 9.97 Å². The number of ether oxygens (including phenoxy) is 1. The smallest absolute Gasteiger partial charge is 0.169 e. The van der Waals surface area contributed by atoms with Gasteiger partial charge in [-0.3, -0.25) is 4.79 Å². The molecule has 1 unspecified atom stereocenters. The molecule has 1 aromatic heterocycles. The number of carbonyl (C=O) groups excluding carboxylic acids is 1. The zero-order valence-electron chi connectivity index (χ0n) is 11.0. The number of nitrogens with zero attached hydrogens (tertiary/aromatic N) is 2. The average Bonchev–Trinajstić information content (AvgIpc) is 2.91. The number of benzene rings is 1. The molecular weight excluding hydrogens is 252 g/mol. The summed E-state index contributed by atoms with van der Waals surface area (Å²) in [6.45, 7) is 0. The van der Waals surface area contributed by atoms with Gasteiger partial charge in [-0.2, -0.15) is 0 Å². The summed E-state index contributed by atoms with van der Waals surface area (Å²) in [6.07, 6.45) is 4.69. The first-order valence-electron chi connectivity index (χ1n) is 6.95. The summed E-state index contributed by atoms with van der Waals surface area (Å²) >= 11 is 0. The Hall–Kier alpha value is -2.23. The SMILES string of the molecule is O=C1CCCc2nc(C3Cc4ccccc4O3)ncc21. The van der Waals surface area contributed by atoms with Gasteiger partial charge in [0.2, 0.25) is 0 Å². The molecule has 4 nitrogen and oxygen atoms in total. The molecule has 0 fully saturated rings. The highest BCUT2D eigenvalue weighted by Gasteiger charge is 2.28. The van der Waals surface area contributed by atoms with E-state index >= 15 is 0 Å². The first-order chi connectivity index (χ1) is 9.81. The van der Waals surface area contributed by atoms with E-state index in [0.717, 1.165) is 30.7 Å². The molecule has 0 amide bonds. The topological polar surface area (TPSA) is 52.1 Å². The molecule has 1 atom stereocenters. The molecule has 0 N–H and O–H groups in total. The van der Waals surface area contributed by atoms with Crippen LogP contribution in [0.3, 0.4) is 0 Å². The van der Waals surface area contributed by atoms with Gasteiger partial charge in [0.1, 0.15) is 5.75 Å². The molecule has 0 radical (unpaired) electrons. The van der Waals surface area contributed by atoms with E-state index in [1.54, 1.807) is 6.20 Å². The minimum absolute atomic E-state index is 0.130. The van der Waals surface area contributed by atoms with E-state index in [1.165, 1.54) is 5.56 Å². The molecule has 4 heteroatoms. The van der Waals surface area contributed by atoms with Crippen molar-refractivity contribution < 1.29 is 9.53 Å². The van der Waals surface area contributed by atoms with Gasteiger partial charge in [0.25, 0.3) is 0 Å². The Morgan fingerprint density at radius 2 is 2.10 bits per heavy atom. The van der Waals surface area contributed by atoms with Crippen molar-refractivity contribution in [2.75, 3.05) is 0 Å². The zero-order valence-corrected chi connectivity index (χ0v) is 11.0. The molecule has 1 aliphatic heterocycles. The maximum absolute atomic E-state index is 11.8. The fourth-order valence-corrected chi connectivity index (χ4v) is 2.89. The van der Waals surface area contributed by atoms with Gasteiger partial charge < -0.3 is 4.74 Å². The van der Waals surface area contributed by atoms with Gasteiger partial charge in [0, 0.05) is 19.0 Å². The number of ketones is 1. The average molecular weight is 266 g/mol. The number of carbonyl (C=O) groups is 1. The van der Waals surface area contributed by atoms with Gasteiger partial charge in [-0.1, -0.05) is 18.2 Å². The monoisotopic (exact) mass is 266 g/mol. The van der Waals surface area contributed by atoms with E-state index in [9.17, 15) is 4.79 Å². The number of hydrogen-bond acceptors (Lipinski definition) is 4. The Labute approximate surface area is 116 Å². The summed E-state index contributed by atoms with van der Waals surface area (Å²) in [5, 5.41) is 0. The zero-order chi connectivity index (χ0) is 13.5. The van der Waals surface area contributed by atoms with Crippen molar-refractivity contribution in [2.45, 2.75) is 31.8 Å². The highest BCUT2D eigenvalue weighted by molar-refractivity contribution is 5.97.